The van der Waals surface area contributed by atoms with Crippen LogP contribution in [0.1, 0.15) is 37.7 Å². The van der Waals surface area contributed by atoms with Gasteiger partial charge in [-0.05, 0) is 30.5 Å². The van der Waals surface area contributed by atoms with Crippen molar-refractivity contribution in [2.24, 2.45) is 0 Å². The number of anilines is 1. The highest BCUT2D eigenvalue weighted by Gasteiger charge is 2.51. The first-order valence-electron chi connectivity index (χ1n) is 7.20. The highest BCUT2D eigenvalue weighted by atomic mass is 35.5. The monoisotopic (exact) mass is 307 g/mol. The predicted octanol–water partition coefficient (Wildman–Crippen LogP) is 2.68. The molecule has 3 rings (SSSR count). The first-order valence-corrected chi connectivity index (χ1v) is 7.58. The highest BCUT2D eigenvalue weighted by Crippen LogP contribution is 2.34. The van der Waals surface area contributed by atoms with Crippen LogP contribution < -0.4 is 11.1 Å². The van der Waals surface area contributed by atoms with E-state index in [4.69, 9.17) is 17.3 Å². The number of halogens is 1. The van der Waals surface area contributed by atoms with Crippen molar-refractivity contribution in [2.75, 3.05) is 5.73 Å². The van der Waals surface area contributed by atoms with Gasteiger partial charge in [-0.2, -0.15) is 0 Å². The molecule has 3 amide bonds. The molecule has 0 atom stereocenters. The summed E-state index contributed by atoms with van der Waals surface area (Å²) in [5, 5.41) is 3.43. The zero-order valence-corrected chi connectivity index (χ0v) is 12.4. The number of nitrogens with zero attached hydrogens (tertiary/aromatic N) is 1. The van der Waals surface area contributed by atoms with Crippen molar-refractivity contribution in [2.45, 2.75) is 44.2 Å². The number of nitrogen functional groups attached to an aromatic ring is 1. The van der Waals surface area contributed by atoms with E-state index in [9.17, 15) is 9.59 Å². The standard InChI is InChI=1S/C15H18ClN3O2/c16-11-5-4-10(12(17)8-11)9-19-13(20)15(18-14(19)21)6-2-1-3-7-15/h4-5,8H,1-3,6-7,9,17H2,(H,18,21). The maximum Gasteiger partial charge on any atom is 0.325 e. The van der Waals surface area contributed by atoms with E-state index in [1.807, 2.05) is 0 Å². The van der Waals surface area contributed by atoms with Crippen molar-refractivity contribution in [1.29, 1.82) is 0 Å². The zero-order chi connectivity index (χ0) is 15.0. The summed E-state index contributed by atoms with van der Waals surface area (Å²) in [6.07, 6.45) is 4.52. The van der Waals surface area contributed by atoms with Crippen LogP contribution >= 0.6 is 11.6 Å². The van der Waals surface area contributed by atoms with Crippen LogP contribution in [0.3, 0.4) is 0 Å². The third kappa shape index (κ3) is 2.46. The SMILES string of the molecule is Nc1cc(Cl)ccc1CN1C(=O)NC2(CCCCC2)C1=O. The summed E-state index contributed by atoms with van der Waals surface area (Å²) in [6, 6.07) is 4.77. The molecule has 1 aliphatic carbocycles. The lowest BCUT2D eigenvalue weighted by Gasteiger charge is -2.30. The molecule has 0 bridgehead atoms. The molecule has 0 aromatic heterocycles. The van der Waals surface area contributed by atoms with Crippen LogP contribution in [-0.4, -0.2) is 22.4 Å². The Morgan fingerprint density at radius 3 is 2.62 bits per heavy atom. The van der Waals surface area contributed by atoms with Gasteiger partial charge in [0.15, 0.2) is 0 Å². The van der Waals surface area contributed by atoms with Crippen molar-refractivity contribution < 1.29 is 9.59 Å². The maximum absolute atomic E-state index is 12.7. The fourth-order valence-corrected chi connectivity index (χ4v) is 3.37. The third-order valence-electron chi connectivity index (χ3n) is 4.39. The minimum Gasteiger partial charge on any atom is -0.398 e. The van der Waals surface area contributed by atoms with Gasteiger partial charge in [-0.1, -0.05) is 36.9 Å². The number of rotatable bonds is 2. The Morgan fingerprint density at radius 1 is 1.24 bits per heavy atom. The fraction of sp³-hybridized carbons (Fsp3) is 0.467. The first-order chi connectivity index (χ1) is 10.0. The van der Waals surface area contributed by atoms with Crippen molar-refractivity contribution in [3.05, 3.63) is 28.8 Å². The minimum atomic E-state index is -0.684. The molecule has 1 heterocycles. The molecular formula is C15H18ClN3O2. The van der Waals surface area contributed by atoms with E-state index in [0.717, 1.165) is 37.7 Å². The molecule has 5 nitrogen and oxygen atoms in total. The fourth-order valence-electron chi connectivity index (χ4n) is 3.19. The number of urea groups is 1. The van der Waals surface area contributed by atoms with Gasteiger partial charge in [-0.15, -0.1) is 0 Å². The molecule has 2 fully saturated rings. The molecular weight excluding hydrogens is 290 g/mol. The lowest BCUT2D eigenvalue weighted by molar-refractivity contribution is -0.132. The Balaban J connectivity index is 1.82. The molecule has 0 radical (unpaired) electrons. The van der Waals surface area contributed by atoms with E-state index in [-0.39, 0.29) is 18.5 Å². The number of amides is 3. The van der Waals surface area contributed by atoms with Gasteiger partial charge < -0.3 is 11.1 Å². The van der Waals surface area contributed by atoms with Crippen LogP contribution in [0.2, 0.25) is 5.02 Å². The van der Waals surface area contributed by atoms with Crippen LogP contribution in [0.25, 0.3) is 0 Å². The Bertz CT molecular complexity index is 597. The van der Waals surface area contributed by atoms with Crippen molar-refractivity contribution >= 4 is 29.2 Å². The van der Waals surface area contributed by atoms with E-state index < -0.39 is 5.54 Å². The average molecular weight is 308 g/mol. The highest BCUT2D eigenvalue weighted by molar-refractivity contribution is 6.30. The summed E-state index contributed by atoms with van der Waals surface area (Å²) < 4.78 is 0. The number of hydrogen-bond donors (Lipinski definition) is 2. The van der Waals surface area contributed by atoms with Crippen molar-refractivity contribution in [1.82, 2.24) is 10.2 Å². The lowest BCUT2D eigenvalue weighted by atomic mass is 9.82. The number of nitrogens with one attached hydrogen (secondary N) is 1. The topological polar surface area (TPSA) is 75.4 Å². The molecule has 3 N–H and O–H groups in total. The molecule has 1 spiro atoms. The summed E-state index contributed by atoms with van der Waals surface area (Å²) in [4.78, 5) is 26.1. The maximum atomic E-state index is 12.7. The number of nitrogens with two attached hydrogens (primary N) is 1. The Labute approximate surface area is 128 Å². The molecule has 1 aromatic carbocycles. The van der Waals surface area contributed by atoms with Crippen LogP contribution in [0.4, 0.5) is 10.5 Å². The van der Waals surface area contributed by atoms with Crippen LogP contribution in [0, 0.1) is 0 Å². The van der Waals surface area contributed by atoms with Gasteiger partial charge in [-0.3, -0.25) is 9.69 Å². The van der Waals surface area contributed by atoms with Gasteiger partial charge in [0, 0.05) is 10.7 Å². The van der Waals surface area contributed by atoms with E-state index >= 15 is 0 Å². The van der Waals surface area contributed by atoms with Crippen LogP contribution in [-0.2, 0) is 11.3 Å². The summed E-state index contributed by atoms with van der Waals surface area (Å²) in [5.41, 5.74) is 6.45. The molecule has 1 saturated heterocycles. The quantitative estimate of drug-likeness (QED) is 0.651. The van der Waals surface area contributed by atoms with Gasteiger partial charge in [-0.25, -0.2) is 4.79 Å². The lowest BCUT2D eigenvalue weighted by Crippen LogP contribution is -2.48. The van der Waals surface area contributed by atoms with Gasteiger partial charge >= 0.3 is 6.03 Å². The van der Waals surface area contributed by atoms with Crippen molar-refractivity contribution in [3.8, 4) is 0 Å². The normalized spacial score (nSPS) is 20.9. The van der Waals surface area contributed by atoms with Crippen molar-refractivity contribution in [3.63, 3.8) is 0 Å². The summed E-state index contributed by atoms with van der Waals surface area (Å²) in [5.74, 6) is -0.124. The third-order valence-corrected chi connectivity index (χ3v) is 4.62. The second-order valence-electron chi connectivity index (χ2n) is 5.81. The Hall–Kier alpha value is -1.75. The summed E-state index contributed by atoms with van der Waals surface area (Å²) >= 11 is 5.87. The van der Waals surface area contributed by atoms with Crippen LogP contribution in [0.5, 0.6) is 0 Å². The first kappa shape index (κ1) is 14.2. The zero-order valence-electron chi connectivity index (χ0n) is 11.7. The van der Waals surface area contributed by atoms with Crippen LogP contribution in [0.15, 0.2) is 18.2 Å². The molecule has 112 valence electrons. The number of imide groups is 1. The molecule has 1 aromatic rings. The largest absolute Gasteiger partial charge is 0.398 e. The molecule has 21 heavy (non-hydrogen) atoms. The van der Waals surface area contributed by atoms with Gasteiger partial charge in [0.05, 0.1) is 6.54 Å². The molecule has 2 aliphatic rings. The predicted molar refractivity (Wildman–Crippen MR) is 80.8 cm³/mol. The van der Waals surface area contributed by atoms with Gasteiger partial charge in [0.2, 0.25) is 0 Å². The Kier molecular flexibility index (Phi) is 3.53. The second-order valence-corrected chi connectivity index (χ2v) is 6.24. The van der Waals surface area contributed by atoms with E-state index in [2.05, 4.69) is 5.32 Å². The number of benzene rings is 1. The molecule has 1 saturated carbocycles. The van der Waals surface area contributed by atoms with Gasteiger partial charge in [0.25, 0.3) is 5.91 Å². The number of carbonyl (C=O) groups excluding carboxylic acids is 2. The Morgan fingerprint density at radius 2 is 1.95 bits per heavy atom. The average Bonchev–Trinajstić information content (AvgIpc) is 2.67. The number of hydrogen-bond acceptors (Lipinski definition) is 3. The summed E-state index contributed by atoms with van der Waals surface area (Å²) in [6.45, 7) is 0.190. The minimum absolute atomic E-state index is 0.124. The van der Waals surface area contributed by atoms with E-state index in [0.29, 0.717) is 10.7 Å². The second kappa shape index (κ2) is 5.22. The molecule has 0 unspecified atom stereocenters. The number of carbonyl (C=O) groups is 2. The van der Waals surface area contributed by atoms with E-state index in [1.54, 1.807) is 18.2 Å². The molecule has 1 aliphatic heterocycles. The van der Waals surface area contributed by atoms with Gasteiger partial charge in [0.1, 0.15) is 5.54 Å². The molecule has 6 heteroatoms. The summed E-state index contributed by atoms with van der Waals surface area (Å²) in [7, 11) is 0. The van der Waals surface area contributed by atoms with E-state index in [1.165, 1.54) is 4.90 Å². The smallest absolute Gasteiger partial charge is 0.325 e.